The Bertz CT molecular complexity index is 718. The van der Waals surface area contributed by atoms with Crippen LogP contribution < -0.4 is 0 Å². The molecule has 120 valence electrons. The number of hydrogen-bond donors (Lipinski definition) is 0. The molecule has 0 bridgehead atoms. The zero-order valence-corrected chi connectivity index (χ0v) is 14.2. The van der Waals surface area contributed by atoms with Crippen molar-refractivity contribution in [1.29, 1.82) is 0 Å². The Morgan fingerprint density at radius 3 is 2.13 bits per heavy atom. The predicted octanol–water partition coefficient (Wildman–Crippen LogP) is 2.34. The van der Waals surface area contributed by atoms with Gasteiger partial charge in [-0.3, -0.25) is 9.59 Å². The maximum atomic E-state index is 12.4. The molecule has 1 fully saturated rings. The summed E-state index contributed by atoms with van der Waals surface area (Å²) in [7, 11) is 0. The van der Waals surface area contributed by atoms with Crippen molar-refractivity contribution in [1.82, 2.24) is 15.0 Å². The SMILES string of the molecule is Cc1cc(C(=O)N2CCN(C(=O)c3ccc(Br)cc3)CC2)no1. The van der Waals surface area contributed by atoms with E-state index in [2.05, 4.69) is 21.1 Å². The number of hydrogen-bond acceptors (Lipinski definition) is 4. The molecule has 1 aromatic carbocycles. The smallest absolute Gasteiger partial charge is 0.276 e. The van der Waals surface area contributed by atoms with Gasteiger partial charge in [0.05, 0.1) is 0 Å². The molecule has 1 aromatic heterocycles. The fourth-order valence-corrected chi connectivity index (χ4v) is 2.78. The zero-order chi connectivity index (χ0) is 16.4. The predicted molar refractivity (Wildman–Crippen MR) is 87.2 cm³/mol. The van der Waals surface area contributed by atoms with Crippen LogP contribution in [0.25, 0.3) is 0 Å². The molecule has 2 amide bonds. The lowest BCUT2D eigenvalue weighted by molar-refractivity contribution is 0.0530. The Morgan fingerprint density at radius 1 is 1.04 bits per heavy atom. The number of carbonyl (C=O) groups excluding carboxylic acids is 2. The van der Waals surface area contributed by atoms with Gasteiger partial charge in [0.15, 0.2) is 5.69 Å². The van der Waals surface area contributed by atoms with Crippen molar-refractivity contribution in [2.24, 2.45) is 0 Å². The van der Waals surface area contributed by atoms with Gasteiger partial charge in [-0.25, -0.2) is 0 Å². The number of carbonyl (C=O) groups is 2. The van der Waals surface area contributed by atoms with Crippen molar-refractivity contribution in [2.45, 2.75) is 6.92 Å². The minimum absolute atomic E-state index is 0.0121. The van der Waals surface area contributed by atoms with Crippen LogP contribution in [-0.2, 0) is 0 Å². The molecule has 0 saturated carbocycles. The number of benzene rings is 1. The summed E-state index contributed by atoms with van der Waals surface area (Å²) in [6, 6.07) is 8.91. The van der Waals surface area contributed by atoms with Crippen molar-refractivity contribution in [3.05, 3.63) is 51.8 Å². The molecule has 0 unspecified atom stereocenters. The summed E-state index contributed by atoms with van der Waals surface area (Å²) in [5, 5.41) is 3.75. The molecule has 6 nitrogen and oxygen atoms in total. The summed E-state index contributed by atoms with van der Waals surface area (Å²) in [5.41, 5.74) is 0.968. The maximum absolute atomic E-state index is 12.4. The van der Waals surface area contributed by atoms with Crippen LogP contribution in [0.3, 0.4) is 0 Å². The summed E-state index contributed by atoms with van der Waals surface area (Å²) < 4.78 is 5.87. The van der Waals surface area contributed by atoms with E-state index in [1.165, 1.54) is 0 Å². The molecule has 23 heavy (non-hydrogen) atoms. The number of rotatable bonds is 2. The van der Waals surface area contributed by atoms with Gasteiger partial charge in [-0.2, -0.15) is 0 Å². The second-order valence-corrected chi connectivity index (χ2v) is 6.33. The van der Waals surface area contributed by atoms with Gasteiger partial charge in [0.25, 0.3) is 11.8 Å². The number of halogens is 1. The highest BCUT2D eigenvalue weighted by Crippen LogP contribution is 2.15. The third-order valence-corrected chi connectivity index (χ3v) is 4.32. The Hall–Kier alpha value is -2.15. The van der Waals surface area contributed by atoms with Gasteiger partial charge < -0.3 is 14.3 Å². The van der Waals surface area contributed by atoms with Gasteiger partial charge >= 0.3 is 0 Å². The third-order valence-electron chi connectivity index (χ3n) is 3.79. The lowest BCUT2D eigenvalue weighted by atomic mass is 10.2. The highest BCUT2D eigenvalue weighted by molar-refractivity contribution is 9.10. The summed E-state index contributed by atoms with van der Waals surface area (Å²) in [4.78, 5) is 28.2. The van der Waals surface area contributed by atoms with Gasteiger partial charge in [0.1, 0.15) is 5.76 Å². The van der Waals surface area contributed by atoms with Gasteiger partial charge in [-0.15, -0.1) is 0 Å². The monoisotopic (exact) mass is 377 g/mol. The van der Waals surface area contributed by atoms with E-state index in [4.69, 9.17) is 4.52 Å². The van der Waals surface area contributed by atoms with Crippen LogP contribution in [0.15, 0.2) is 39.3 Å². The highest BCUT2D eigenvalue weighted by atomic mass is 79.9. The van der Waals surface area contributed by atoms with Gasteiger partial charge in [0.2, 0.25) is 0 Å². The number of piperazine rings is 1. The van der Waals surface area contributed by atoms with Gasteiger partial charge in [-0.1, -0.05) is 21.1 Å². The third kappa shape index (κ3) is 3.44. The molecular formula is C16H16BrN3O3. The van der Waals surface area contributed by atoms with Crippen molar-refractivity contribution in [3.8, 4) is 0 Å². The summed E-state index contributed by atoms with van der Waals surface area (Å²) >= 11 is 3.36. The molecule has 2 heterocycles. The van der Waals surface area contributed by atoms with Crippen molar-refractivity contribution < 1.29 is 14.1 Å². The van der Waals surface area contributed by atoms with Crippen LogP contribution in [0.2, 0.25) is 0 Å². The molecule has 0 spiro atoms. The second kappa shape index (κ2) is 6.54. The van der Waals surface area contributed by atoms with E-state index in [1.807, 2.05) is 12.1 Å². The average molecular weight is 378 g/mol. The Labute approximate surface area is 142 Å². The molecule has 1 aliphatic rings. The Balaban J connectivity index is 1.61. The lowest BCUT2D eigenvalue weighted by Crippen LogP contribution is -2.50. The van der Waals surface area contributed by atoms with Crippen LogP contribution >= 0.6 is 15.9 Å². The fourth-order valence-electron chi connectivity index (χ4n) is 2.52. The molecule has 1 saturated heterocycles. The first-order valence-corrected chi connectivity index (χ1v) is 8.11. The van der Waals surface area contributed by atoms with E-state index in [-0.39, 0.29) is 11.8 Å². The Kier molecular flexibility index (Phi) is 4.47. The fraction of sp³-hybridized carbons (Fsp3) is 0.312. The maximum Gasteiger partial charge on any atom is 0.276 e. The molecule has 7 heteroatoms. The van der Waals surface area contributed by atoms with Crippen LogP contribution in [0.5, 0.6) is 0 Å². The van der Waals surface area contributed by atoms with E-state index in [0.29, 0.717) is 43.2 Å². The number of amides is 2. The molecule has 3 rings (SSSR count). The number of aromatic nitrogens is 1. The first-order chi connectivity index (χ1) is 11.0. The van der Waals surface area contributed by atoms with E-state index in [0.717, 1.165) is 4.47 Å². The zero-order valence-electron chi connectivity index (χ0n) is 12.7. The molecule has 2 aromatic rings. The highest BCUT2D eigenvalue weighted by Gasteiger charge is 2.26. The van der Waals surface area contributed by atoms with Crippen molar-refractivity contribution in [2.75, 3.05) is 26.2 Å². The summed E-state index contributed by atoms with van der Waals surface area (Å²) in [6.07, 6.45) is 0. The molecule has 0 aliphatic carbocycles. The van der Waals surface area contributed by atoms with E-state index in [1.54, 1.807) is 34.9 Å². The number of aryl methyl sites for hydroxylation is 1. The summed E-state index contributed by atoms with van der Waals surface area (Å²) in [5.74, 6) is 0.442. The van der Waals surface area contributed by atoms with Gasteiger partial charge in [-0.05, 0) is 31.2 Å². The van der Waals surface area contributed by atoms with Crippen molar-refractivity contribution >= 4 is 27.7 Å². The molecule has 0 radical (unpaired) electrons. The quantitative estimate of drug-likeness (QED) is 0.805. The van der Waals surface area contributed by atoms with Gasteiger partial charge in [0, 0.05) is 42.3 Å². The minimum Gasteiger partial charge on any atom is -0.361 e. The topological polar surface area (TPSA) is 66.7 Å². The normalized spacial score (nSPS) is 14.9. The first-order valence-electron chi connectivity index (χ1n) is 7.32. The van der Waals surface area contributed by atoms with Crippen LogP contribution in [0.1, 0.15) is 26.6 Å². The standard InChI is InChI=1S/C16H16BrN3O3/c1-11-10-14(18-23-11)16(22)20-8-6-19(7-9-20)15(21)12-2-4-13(17)5-3-12/h2-5,10H,6-9H2,1H3. The molecule has 0 atom stereocenters. The van der Waals surface area contributed by atoms with Crippen molar-refractivity contribution in [3.63, 3.8) is 0 Å². The minimum atomic E-state index is -0.155. The first kappa shape index (κ1) is 15.7. The molecule has 1 aliphatic heterocycles. The average Bonchev–Trinajstić information content (AvgIpc) is 3.01. The largest absolute Gasteiger partial charge is 0.361 e. The second-order valence-electron chi connectivity index (χ2n) is 5.41. The molecule has 0 N–H and O–H groups in total. The number of nitrogens with zero attached hydrogens (tertiary/aromatic N) is 3. The van der Waals surface area contributed by atoms with Crippen LogP contribution in [0, 0.1) is 6.92 Å². The van der Waals surface area contributed by atoms with E-state index >= 15 is 0 Å². The van der Waals surface area contributed by atoms with Crippen LogP contribution in [0.4, 0.5) is 0 Å². The lowest BCUT2D eigenvalue weighted by Gasteiger charge is -2.34. The van der Waals surface area contributed by atoms with E-state index in [9.17, 15) is 9.59 Å². The van der Waals surface area contributed by atoms with E-state index < -0.39 is 0 Å². The summed E-state index contributed by atoms with van der Waals surface area (Å²) in [6.45, 7) is 3.76. The van der Waals surface area contributed by atoms with Crippen LogP contribution in [-0.4, -0.2) is 52.9 Å². The Morgan fingerprint density at radius 2 is 1.61 bits per heavy atom. The molecular weight excluding hydrogens is 362 g/mol.